The predicted molar refractivity (Wildman–Crippen MR) is 99.2 cm³/mol. The van der Waals surface area contributed by atoms with Gasteiger partial charge in [0.1, 0.15) is 0 Å². The Labute approximate surface area is 140 Å². The number of fused-ring (bicyclic) bond motifs is 1. The third-order valence-corrected chi connectivity index (χ3v) is 4.27. The lowest BCUT2D eigenvalue weighted by Gasteiger charge is -2.13. The fraction of sp³-hybridized carbons (Fsp3) is 0.0455. The third kappa shape index (κ3) is 2.74. The van der Waals surface area contributed by atoms with Crippen molar-refractivity contribution in [1.29, 1.82) is 0 Å². The van der Waals surface area contributed by atoms with E-state index in [4.69, 9.17) is 0 Å². The van der Waals surface area contributed by atoms with Crippen molar-refractivity contribution in [3.05, 3.63) is 107 Å². The van der Waals surface area contributed by atoms with Crippen molar-refractivity contribution in [2.24, 2.45) is 0 Å². The lowest BCUT2D eigenvalue weighted by atomic mass is 10.1. The zero-order chi connectivity index (χ0) is 16.4. The highest BCUT2D eigenvalue weighted by Crippen LogP contribution is 2.20. The SMILES string of the molecule is O=c1cccc(-c2ccccc2)n1Cc1ccc2ccccc2c1. The monoisotopic (exact) mass is 311 g/mol. The minimum absolute atomic E-state index is 0.0181. The Hall–Kier alpha value is -3.13. The van der Waals surface area contributed by atoms with E-state index in [0.717, 1.165) is 16.8 Å². The fourth-order valence-corrected chi connectivity index (χ4v) is 3.06. The zero-order valence-corrected chi connectivity index (χ0v) is 13.2. The molecule has 2 nitrogen and oxygen atoms in total. The van der Waals surface area contributed by atoms with Crippen molar-refractivity contribution in [2.45, 2.75) is 6.54 Å². The van der Waals surface area contributed by atoms with E-state index < -0.39 is 0 Å². The Balaban J connectivity index is 1.80. The van der Waals surface area contributed by atoms with Gasteiger partial charge in [0.2, 0.25) is 0 Å². The molecule has 1 heterocycles. The Bertz CT molecular complexity index is 1050. The number of hydrogen-bond donors (Lipinski definition) is 0. The van der Waals surface area contributed by atoms with Crippen LogP contribution in [0.25, 0.3) is 22.0 Å². The van der Waals surface area contributed by atoms with Gasteiger partial charge in [-0.1, -0.05) is 72.8 Å². The highest BCUT2D eigenvalue weighted by Gasteiger charge is 2.07. The van der Waals surface area contributed by atoms with Gasteiger partial charge >= 0.3 is 0 Å². The van der Waals surface area contributed by atoms with Gasteiger partial charge in [-0.25, -0.2) is 0 Å². The van der Waals surface area contributed by atoms with E-state index in [1.807, 2.05) is 59.2 Å². The molecule has 4 rings (SSSR count). The first-order valence-electron chi connectivity index (χ1n) is 8.04. The van der Waals surface area contributed by atoms with Crippen molar-refractivity contribution in [2.75, 3.05) is 0 Å². The van der Waals surface area contributed by atoms with Gasteiger partial charge in [0.05, 0.1) is 12.2 Å². The predicted octanol–water partition coefficient (Wildman–Crippen LogP) is 4.72. The summed E-state index contributed by atoms with van der Waals surface area (Å²) in [7, 11) is 0. The number of benzene rings is 3. The van der Waals surface area contributed by atoms with Crippen molar-refractivity contribution in [3.63, 3.8) is 0 Å². The maximum atomic E-state index is 12.4. The second-order valence-electron chi connectivity index (χ2n) is 5.88. The maximum absolute atomic E-state index is 12.4. The Morgan fingerprint density at radius 1 is 0.667 bits per heavy atom. The first-order chi connectivity index (χ1) is 11.8. The van der Waals surface area contributed by atoms with Gasteiger partial charge < -0.3 is 4.57 Å². The molecule has 0 radical (unpaired) electrons. The Morgan fingerprint density at radius 3 is 2.25 bits per heavy atom. The quantitative estimate of drug-likeness (QED) is 0.537. The number of aromatic nitrogens is 1. The molecule has 0 saturated carbocycles. The van der Waals surface area contributed by atoms with Crippen molar-refractivity contribution >= 4 is 10.8 Å². The smallest absolute Gasteiger partial charge is 0.251 e. The van der Waals surface area contributed by atoms with Gasteiger partial charge in [-0.2, -0.15) is 0 Å². The third-order valence-electron chi connectivity index (χ3n) is 4.27. The van der Waals surface area contributed by atoms with Crippen LogP contribution in [-0.2, 0) is 6.54 Å². The fourth-order valence-electron chi connectivity index (χ4n) is 3.06. The Morgan fingerprint density at radius 2 is 1.42 bits per heavy atom. The maximum Gasteiger partial charge on any atom is 0.251 e. The Kier molecular flexibility index (Phi) is 3.72. The van der Waals surface area contributed by atoms with E-state index in [9.17, 15) is 4.79 Å². The summed E-state index contributed by atoms with van der Waals surface area (Å²) in [4.78, 5) is 12.4. The molecule has 0 saturated heterocycles. The molecular weight excluding hydrogens is 294 g/mol. The average Bonchev–Trinajstić information content (AvgIpc) is 2.64. The van der Waals surface area contributed by atoms with E-state index in [2.05, 4.69) is 30.3 Å². The molecule has 0 aliphatic heterocycles. The van der Waals surface area contributed by atoms with Gasteiger partial charge in [-0.15, -0.1) is 0 Å². The van der Waals surface area contributed by atoms with Crippen molar-refractivity contribution < 1.29 is 0 Å². The van der Waals surface area contributed by atoms with Gasteiger partial charge in [-0.05, 0) is 34.0 Å². The summed E-state index contributed by atoms with van der Waals surface area (Å²) in [6, 6.07) is 30.1. The second-order valence-corrected chi connectivity index (χ2v) is 5.88. The summed E-state index contributed by atoms with van der Waals surface area (Å²) in [5.74, 6) is 0. The number of nitrogens with zero attached hydrogens (tertiary/aromatic N) is 1. The van der Waals surface area contributed by atoms with Crippen LogP contribution >= 0.6 is 0 Å². The van der Waals surface area contributed by atoms with Crippen LogP contribution in [0.5, 0.6) is 0 Å². The van der Waals surface area contributed by atoms with E-state index in [1.54, 1.807) is 6.07 Å². The van der Waals surface area contributed by atoms with Crippen LogP contribution in [0.3, 0.4) is 0 Å². The van der Waals surface area contributed by atoms with E-state index in [1.165, 1.54) is 10.8 Å². The zero-order valence-electron chi connectivity index (χ0n) is 13.2. The lowest BCUT2D eigenvalue weighted by Crippen LogP contribution is -2.21. The van der Waals surface area contributed by atoms with E-state index in [0.29, 0.717) is 6.54 Å². The molecule has 0 amide bonds. The van der Waals surface area contributed by atoms with Crippen LogP contribution in [0.2, 0.25) is 0 Å². The molecule has 4 aromatic rings. The molecule has 0 aliphatic rings. The molecule has 24 heavy (non-hydrogen) atoms. The molecule has 0 atom stereocenters. The molecule has 0 aliphatic carbocycles. The molecule has 0 N–H and O–H groups in total. The number of rotatable bonds is 3. The first kappa shape index (κ1) is 14.5. The van der Waals surface area contributed by atoms with Crippen molar-refractivity contribution in [3.8, 4) is 11.3 Å². The molecular formula is C22H17NO. The molecule has 0 unspecified atom stereocenters. The molecule has 116 valence electrons. The summed E-state index contributed by atoms with van der Waals surface area (Å²) in [5, 5.41) is 2.41. The summed E-state index contributed by atoms with van der Waals surface area (Å²) in [6.07, 6.45) is 0. The summed E-state index contributed by atoms with van der Waals surface area (Å²) in [6.45, 7) is 0.564. The molecule has 0 bridgehead atoms. The standard InChI is InChI=1S/C22H17NO/c24-22-12-6-11-21(19-8-2-1-3-9-19)23(22)16-17-13-14-18-7-4-5-10-20(18)15-17/h1-15H,16H2. The minimum atomic E-state index is 0.0181. The van der Waals surface area contributed by atoms with E-state index in [-0.39, 0.29) is 5.56 Å². The average molecular weight is 311 g/mol. The van der Waals surface area contributed by atoms with Gasteiger partial charge in [0.25, 0.3) is 5.56 Å². The van der Waals surface area contributed by atoms with E-state index >= 15 is 0 Å². The van der Waals surface area contributed by atoms with Crippen LogP contribution in [0.4, 0.5) is 0 Å². The summed E-state index contributed by atoms with van der Waals surface area (Å²) < 4.78 is 1.83. The first-order valence-corrected chi connectivity index (χ1v) is 8.04. The minimum Gasteiger partial charge on any atom is -0.304 e. The van der Waals surface area contributed by atoms with Crippen LogP contribution in [0.1, 0.15) is 5.56 Å². The highest BCUT2D eigenvalue weighted by atomic mass is 16.1. The normalized spacial score (nSPS) is 10.8. The summed E-state index contributed by atoms with van der Waals surface area (Å²) >= 11 is 0. The molecule has 2 heteroatoms. The molecule has 3 aromatic carbocycles. The van der Waals surface area contributed by atoms with Gasteiger partial charge in [-0.3, -0.25) is 4.79 Å². The second kappa shape index (κ2) is 6.17. The number of hydrogen-bond acceptors (Lipinski definition) is 1. The summed E-state index contributed by atoms with van der Waals surface area (Å²) in [5.41, 5.74) is 3.14. The largest absolute Gasteiger partial charge is 0.304 e. The van der Waals surface area contributed by atoms with Gasteiger partial charge in [0, 0.05) is 6.07 Å². The lowest BCUT2D eigenvalue weighted by molar-refractivity contribution is 0.769. The van der Waals surface area contributed by atoms with Crippen molar-refractivity contribution in [1.82, 2.24) is 4.57 Å². The number of pyridine rings is 1. The topological polar surface area (TPSA) is 22.0 Å². The molecule has 0 fully saturated rings. The van der Waals surface area contributed by atoms with Crippen LogP contribution in [0.15, 0.2) is 95.8 Å². The van der Waals surface area contributed by atoms with Crippen LogP contribution < -0.4 is 5.56 Å². The van der Waals surface area contributed by atoms with Crippen LogP contribution in [0, 0.1) is 0 Å². The highest BCUT2D eigenvalue weighted by molar-refractivity contribution is 5.83. The molecule has 1 aromatic heterocycles. The van der Waals surface area contributed by atoms with Gasteiger partial charge in [0.15, 0.2) is 0 Å². The molecule has 0 spiro atoms. The van der Waals surface area contributed by atoms with Crippen LogP contribution in [-0.4, -0.2) is 4.57 Å².